The van der Waals surface area contributed by atoms with Crippen LogP contribution in [0.3, 0.4) is 0 Å². The second-order valence-electron chi connectivity index (χ2n) is 8.67. The summed E-state index contributed by atoms with van der Waals surface area (Å²) in [4.78, 5) is 70.5. The first-order chi connectivity index (χ1) is 19.7. The zero-order valence-corrected chi connectivity index (χ0v) is 23.9. The van der Waals surface area contributed by atoms with Crippen molar-refractivity contribution in [2.24, 2.45) is 10.8 Å². The lowest BCUT2D eigenvalue weighted by Gasteiger charge is -2.52. The first kappa shape index (κ1) is 34.8. The molecule has 0 aromatic carbocycles. The molecular weight excluding hydrogens is 536 g/mol. The SMILES string of the molecule is CC.COC(=O)C(CC(=O)O)N1CC2(C(=O)OC)CNCC(C(=O)OC)(C1)C2=O.c1ccncc1.c1ccncc1. The van der Waals surface area contributed by atoms with E-state index in [1.165, 1.54) is 4.90 Å². The fraction of sp³-hybridized carbons (Fsp3) is 0.464. The normalized spacial score (nSPS) is 21.4. The van der Waals surface area contributed by atoms with Crippen LogP contribution in [-0.4, -0.2) is 103 Å². The van der Waals surface area contributed by atoms with Gasteiger partial charge in [-0.05, 0) is 24.3 Å². The van der Waals surface area contributed by atoms with Crippen molar-refractivity contribution in [2.75, 3.05) is 47.5 Å². The lowest BCUT2D eigenvalue weighted by molar-refractivity contribution is -0.185. The van der Waals surface area contributed by atoms with Crippen LogP contribution in [0.25, 0.3) is 0 Å². The number of nitrogens with zero attached hydrogens (tertiary/aromatic N) is 3. The lowest BCUT2D eigenvalue weighted by atomic mass is 9.62. The van der Waals surface area contributed by atoms with Crippen LogP contribution in [0.1, 0.15) is 20.3 Å². The third kappa shape index (κ3) is 8.88. The van der Waals surface area contributed by atoms with E-state index in [0.717, 1.165) is 21.3 Å². The second-order valence-corrected chi connectivity index (χ2v) is 8.67. The van der Waals surface area contributed by atoms with Crippen molar-refractivity contribution in [3.05, 3.63) is 61.2 Å². The number of likely N-dealkylation sites (tertiary alicyclic amines) is 1. The number of piperidine rings is 2. The molecule has 0 amide bonds. The minimum atomic E-state index is -1.77. The number of Topliss-reactive ketones (excluding diaryl/α,β-unsaturated/α-hetero) is 1. The van der Waals surface area contributed by atoms with E-state index in [-0.39, 0.29) is 26.2 Å². The molecule has 2 saturated heterocycles. The fourth-order valence-corrected chi connectivity index (χ4v) is 4.47. The van der Waals surface area contributed by atoms with E-state index in [4.69, 9.17) is 14.6 Å². The molecule has 2 N–H and O–H groups in total. The van der Waals surface area contributed by atoms with Crippen molar-refractivity contribution in [2.45, 2.75) is 26.3 Å². The molecule has 4 heterocycles. The largest absolute Gasteiger partial charge is 0.481 e. The number of carbonyl (C=O) groups is 5. The molecule has 13 nitrogen and oxygen atoms in total. The highest BCUT2D eigenvalue weighted by molar-refractivity contribution is 6.16. The Morgan fingerprint density at radius 3 is 1.51 bits per heavy atom. The average molecular weight is 575 g/mol. The zero-order valence-electron chi connectivity index (χ0n) is 23.9. The molecule has 0 aliphatic carbocycles. The molecule has 41 heavy (non-hydrogen) atoms. The molecule has 13 heteroatoms. The van der Waals surface area contributed by atoms with Crippen molar-refractivity contribution in [3.8, 4) is 0 Å². The minimum Gasteiger partial charge on any atom is -0.481 e. The van der Waals surface area contributed by atoms with Crippen LogP contribution in [0.5, 0.6) is 0 Å². The van der Waals surface area contributed by atoms with E-state index >= 15 is 0 Å². The molecule has 224 valence electrons. The van der Waals surface area contributed by atoms with Crippen LogP contribution in [0.15, 0.2) is 61.2 Å². The summed E-state index contributed by atoms with van der Waals surface area (Å²) >= 11 is 0. The van der Waals surface area contributed by atoms with Crippen molar-refractivity contribution >= 4 is 29.7 Å². The molecular formula is C28H38N4O9. The number of carbonyl (C=O) groups excluding carboxylic acids is 4. The molecule has 0 spiro atoms. The molecule has 2 bridgehead atoms. The number of carboxylic acids is 1. The van der Waals surface area contributed by atoms with Gasteiger partial charge < -0.3 is 24.6 Å². The van der Waals surface area contributed by atoms with E-state index in [1.807, 2.05) is 50.2 Å². The number of hydrogen-bond acceptors (Lipinski definition) is 12. The van der Waals surface area contributed by atoms with Gasteiger partial charge in [0.15, 0.2) is 16.6 Å². The highest BCUT2D eigenvalue weighted by Gasteiger charge is 2.67. The predicted octanol–water partition coefficient (Wildman–Crippen LogP) is 0.999. The molecule has 0 radical (unpaired) electrons. The van der Waals surface area contributed by atoms with Gasteiger partial charge in [0.05, 0.1) is 27.8 Å². The summed E-state index contributed by atoms with van der Waals surface area (Å²) in [5.74, 6) is -4.54. The Hall–Kier alpha value is -4.23. The number of esters is 3. The summed E-state index contributed by atoms with van der Waals surface area (Å²) in [5, 5.41) is 12.0. The molecule has 2 fully saturated rings. The highest BCUT2D eigenvalue weighted by atomic mass is 16.5. The standard InChI is InChI=1S/C16H22N2O9.2C5H5N.C2H6/c1-25-11(21)9(4-10(19)20)18-7-15(13(23)26-2)5-17-6-16(8-18,12(15)22)14(24)27-3;2*1-2-4-6-5-3-1;1-2/h9,17H,4-8H2,1-3H3,(H,19,20);2*1-5H;1-2H3. The Balaban J connectivity index is 0.000000486. The van der Waals surface area contributed by atoms with Crippen LogP contribution in [0.2, 0.25) is 0 Å². The van der Waals surface area contributed by atoms with Gasteiger partial charge in [-0.2, -0.15) is 0 Å². The van der Waals surface area contributed by atoms with Gasteiger partial charge in [0, 0.05) is 51.0 Å². The van der Waals surface area contributed by atoms with Gasteiger partial charge in [-0.1, -0.05) is 26.0 Å². The number of aliphatic carboxylic acids is 1. The van der Waals surface area contributed by atoms with E-state index in [2.05, 4.69) is 20.0 Å². The molecule has 0 saturated carbocycles. The number of aromatic nitrogens is 2. The number of hydrogen-bond donors (Lipinski definition) is 2. The van der Waals surface area contributed by atoms with Gasteiger partial charge in [0.2, 0.25) is 0 Å². The summed E-state index contributed by atoms with van der Waals surface area (Å²) in [5.41, 5.74) is -3.55. The third-order valence-electron chi connectivity index (χ3n) is 6.24. The van der Waals surface area contributed by atoms with Crippen LogP contribution >= 0.6 is 0 Å². The van der Waals surface area contributed by atoms with Crippen LogP contribution in [0.4, 0.5) is 0 Å². The minimum absolute atomic E-state index is 0.116. The van der Waals surface area contributed by atoms with Crippen molar-refractivity contribution in [3.63, 3.8) is 0 Å². The predicted molar refractivity (Wildman–Crippen MR) is 146 cm³/mol. The molecule has 3 atom stereocenters. The smallest absolute Gasteiger partial charge is 0.323 e. The van der Waals surface area contributed by atoms with E-state index in [9.17, 15) is 24.0 Å². The number of ketones is 1. The third-order valence-corrected chi connectivity index (χ3v) is 6.24. The van der Waals surface area contributed by atoms with Gasteiger partial charge >= 0.3 is 23.9 Å². The topological polar surface area (TPSA) is 174 Å². The zero-order chi connectivity index (χ0) is 30.9. The Morgan fingerprint density at radius 2 is 1.24 bits per heavy atom. The fourth-order valence-electron chi connectivity index (χ4n) is 4.47. The number of fused-ring (bicyclic) bond motifs is 2. The Kier molecular flexibility index (Phi) is 14.8. The summed E-state index contributed by atoms with van der Waals surface area (Å²) in [7, 11) is 3.31. The van der Waals surface area contributed by atoms with Crippen molar-refractivity contribution < 1.29 is 43.3 Å². The molecule has 2 aromatic rings. The van der Waals surface area contributed by atoms with E-state index in [0.29, 0.717) is 0 Å². The second kappa shape index (κ2) is 17.5. The maximum atomic E-state index is 13.2. The van der Waals surface area contributed by atoms with E-state index in [1.54, 1.807) is 24.8 Å². The number of ether oxygens (including phenoxy) is 3. The number of pyridine rings is 2. The summed E-state index contributed by atoms with van der Waals surface area (Å²) in [6.45, 7) is 3.18. The van der Waals surface area contributed by atoms with Crippen molar-refractivity contribution in [1.29, 1.82) is 0 Å². The molecule has 2 aliphatic rings. The molecule has 2 aromatic heterocycles. The van der Waals surface area contributed by atoms with Gasteiger partial charge in [-0.3, -0.25) is 38.8 Å². The molecule has 3 unspecified atom stereocenters. The van der Waals surface area contributed by atoms with Gasteiger partial charge in [0.25, 0.3) is 0 Å². The summed E-state index contributed by atoms with van der Waals surface area (Å²) in [6.07, 6.45) is 6.38. The number of methoxy groups -OCH3 is 3. The van der Waals surface area contributed by atoms with Gasteiger partial charge in [0.1, 0.15) is 6.04 Å². The number of carboxylic acid groups (broad SMARTS) is 1. The summed E-state index contributed by atoms with van der Waals surface area (Å²) in [6, 6.07) is 10.1. The maximum absolute atomic E-state index is 13.2. The quantitative estimate of drug-likeness (QED) is 0.284. The van der Waals surface area contributed by atoms with Crippen LogP contribution < -0.4 is 5.32 Å². The monoisotopic (exact) mass is 574 g/mol. The Bertz CT molecular complexity index is 999. The summed E-state index contributed by atoms with van der Waals surface area (Å²) < 4.78 is 14.2. The van der Waals surface area contributed by atoms with Gasteiger partial charge in [-0.25, -0.2) is 0 Å². The number of nitrogens with one attached hydrogen (secondary N) is 1. The van der Waals surface area contributed by atoms with Crippen LogP contribution in [-0.2, 0) is 38.2 Å². The maximum Gasteiger partial charge on any atom is 0.323 e. The average Bonchev–Trinajstić information content (AvgIpc) is 3.02. The molecule has 2 aliphatic heterocycles. The first-order valence-corrected chi connectivity index (χ1v) is 12.8. The number of rotatable bonds is 6. The van der Waals surface area contributed by atoms with Crippen LogP contribution in [0, 0.1) is 10.8 Å². The Morgan fingerprint density at radius 1 is 0.829 bits per heavy atom. The van der Waals surface area contributed by atoms with E-state index < -0.39 is 53.0 Å². The van der Waals surface area contributed by atoms with Crippen molar-refractivity contribution in [1.82, 2.24) is 20.2 Å². The first-order valence-electron chi connectivity index (χ1n) is 12.8. The highest BCUT2D eigenvalue weighted by Crippen LogP contribution is 2.42. The molecule has 4 rings (SSSR count). The van der Waals surface area contributed by atoms with Gasteiger partial charge in [-0.15, -0.1) is 0 Å². The Labute approximate surface area is 239 Å². The lowest BCUT2D eigenvalue weighted by Crippen LogP contribution is -2.75.